The van der Waals surface area contributed by atoms with Crippen molar-refractivity contribution in [3.8, 4) is 0 Å². The van der Waals surface area contributed by atoms with E-state index in [-0.39, 0.29) is 5.91 Å². The summed E-state index contributed by atoms with van der Waals surface area (Å²) in [7, 11) is 0. The molecule has 19 heavy (non-hydrogen) atoms. The van der Waals surface area contributed by atoms with Gasteiger partial charge in [-0.15, -0.1) is 11.3 Å². The Morgan fingerprint density at radius 2 is 2.11 bits per heavy atom. The van der Waals surface area contributed by atoms with Gasteiger partial charge in [0.05, 0.1) is 10.3 Å². The summed E-state index contributed by atoms with van der Waals surface area (Å²) in [5, 5.41) is 13.3. The number of nitrogens with one attached hydrogen (secondary N) is 2. The normalized spacial score (nSPS) is 10.8. The van der Waals surface area contributed by atoms with Gasteiger partial charge in [-0.25, -0.2) is 0 Å². The monoisotopic (exact) mass is 336 g/mol. The summed E-state index contributed by atoms with van der Waals surface area (Å²) in [5.74, 6) is -0.116. The standard InChI is InChI=1S/C12H9BrN4OS/c13-11-4-2-8(19-11)6-14-12(18)7-1-3-9-10(5-7)16-17-15-9/h1-5H,6H2,(H,14,18)(H,15,16,17). The van der Waals surface area contributed by atoms with Crippen LogP contribution in [0.2, 0.25) is 0 Å². The van der Waals surface area contributed by atoms with E-state index in [1.807, 2.05) is 12.1 Å². The molecular weight excluding hydrogens is 328 g/mol. The maximum atomic E-state index is 12.0. The fraction of sp³-hybridized carbons (Fsp3) is 0.0833. The third-order valence-corrected chi connectivity index (χ3v) is 4.25. The second-order valence-electron chi connectivity index (χ2n) is 3.92. The fourth-order valence-electron chi connectivity index (χ4n) is 1.70. The molecule has 0 aliphatic heterocycles. The lowest BCUT2D eigenvalue weighted by molar-refractivity contribution is 0.0951. The van der Waals surface area contributed by atoms with E-state index in [1.54, 1.807) is 29.5 Å². The number of thiophene rings is 1. The molecule has 0 spiro atoms. The number of carbonyl (C=O) groups is 1. The van der Waals surface area contributed by atoms with Crippen molar-refractivity contribution in [3.63, 3.8) is 0 Å². The number of hydrogen-bond donors (Lipinski definition) is 2. The van der Waals surface area contributed by atoms with E-state index in [4.69, 9.17) is 0 Å². The Hall–Kier alpha value is -1.73. The van der Waals surface area contributed by atoms with Crippen molar-refractivity contribution in [2.75, 3.05) is 0 Å². The van der Waals surface area contributed by atoms with Gasteiger partial charge in [0.25, 0.3) is 5.91 Å². The number of benzene rings is 1. The van der Waals surface area contributed by atoms with Gasteiger partial charge in [0.2, 0.25) is 0 Å². The van der Waals surface area contributed by atoms with Gasteiger partial charge in [0.15, 0.2) is 0 Å². The predicted molar refractivity (Wildman–Crippen MR) is 77.1 cm³/mol. The van der Waals surface area contributed by atoms with Crippen LogP contribution in [0.25, 0.3) is 11.0 Å². The first-order chi connectivity index (χ1) is 9.22. The molecule has 1 amide bonds. The lowest BCUT2D eigenvalue weighted by Gasteiger charge is -2.03. The number of aromatic amines is 1. The zero-order valence-corrected chi connectivity index (χ0v) is 12.1. The van der Waals surface area contributed by atoms with Gasteiger partial charge < -0.3 is 5.32 Å². The first-order valence-electron chi connectivity index (χ1n) is 5.55. The molecule has 96 valence electrons. The largest absolute Gasteiger partial charge is 0.347 e. The molecule has 0 bridgehead atoms. The van der Waals surface area contributed by atoms with Crippen LogP contribution >= 0.6 is 27.3 Å². The lowest BCUT2D eigenvalue weighted by Crippen LogP contribution is -2.22. The van der Waals surface area contributed by atoms with E-state index in [1.165, 1.54) is 0 Å². The molecule has 0 atom stereocenters. The molecule has 5 nitrogen and oxygen atoms in total. The summed E-state index contributed by atoms with van der Waals surface area (Å²) >= 11 is 5.00. The lowest BCUT2D eigenvalue weighted by atomic mass is 10.2. The smallest absolute Gasteiger partial charge is 0.251 e. The van der Waals surface area contributed by atoms with Crippen molar-refractivity contribution in [2.24, 2.45) is 0 Å². The highest BCUT2D eigenvalue weighted by atomic mass is 79.9. The van der Waals surface area contributed by atoms with Gasteiger partial charge in [-0.1, -0.05) is 0 Å². The van der Waals surface area contributed by atoms with Crippen LogP contribution in [-0.2, 0) is 6.54 Å². The highest BCUT2D eigenvalue weighted by molar-refractivity contribution is 9.11. The zero-order chi connectivity index (χ0) is 13.2. The van der Waals surface area contributed by atoms with Gasteiger partial charge in [-0.05, 0) is 46.3 Å². The second kappa shape index (κ2) is 5.10. The van der Waals surface area contributed by atoms with Crippen LogP contribution in [-0.4, -0.2) is 21.3 Å². The van der Waals surface area contributed by atoms with Gasteiger partial charge in [-0.3, -0.25) is 4.79 Å². The quantitative estimate of drug-likeness (QED) is 0.772. The number of nitrogens with zero attached hydrogens (tertiary/aromatic N) is 2. The van der Waals surface area contributed by atoms with E-state index >= 15 is 0 Å². The van der Waals surface area contributed by atoms with Crippen LogP contribution in [0.3, 0.4) is 0 Å². The molecule has 7 heteroatoms. The Kier molecular flexibility index (Phi) is 3.31. The highest BCUT2D eigenvalue weighted by Crippen LogP contribution is 2.21. The van der Waals surface area contributed by atoms with E-state index in [9.17, 15) is 4.79 Å². The van der Waals surface area contributed by atoms with Gasteiger partial charge in [-0.2, -0.15) is 15.4 Å². The Balaban J connectivity index is 1.72. The molecule has 0 unspecified atom stereocenters. The molecule has 0 saturated carbocycles. The molecule has 0 aliphatic carbocycles. The summed E-state index contributed by atoms with van der Waals surface area (Å²) < 4.78 is 1.06. The molecule has 0 saturated heterocycles. The number of fused-ring (bicyclic) bond motifs is 1. The summed E-state index contributed by atoms with van der Waals surface area (Å²) in [4.78, 5) is 13.1. The minimum atomic E-state index is -0.116. The van der Waals surface area contributed by atoms with E-state index < -0.39 is 0 Å². The van der Waals surface area contributed by atoms with Crippen molar-refractivity contribution in [3.05, 3.63) is 44.6 Å². The Morgan fingerprint density at radius 1 is 1.26 bits per heavy atom. The molecule has 2 heterocycles. The number of halogens is 1. The number of carbonyl (C=O) groups excluding carboxylic acids is 1. The Bertz CT molecular complexity index is 736. The molecule has 1 aromatic carbocycles. The molecular formula is C12H9BrN4OS. The van der Waals surface area contributed by atoms with Crippen LogP contribution in [0.4, 0.5) is 0 Å². The summed E-state index contributed by atoms with van der Waals surface area (Å²) in [6.07, 6.45) is 0. The minimum absolute atomic E-state index is 0.116. The number of aromatic nitrogens is 3. The topological polar surface area (TPSA) is 70.7 Å². The van der Waals surface area contributed by atoms with E-state index in [0.29, 0.717) is 17.6 Å². The molecule has 3 aromatic rings. The third kappa shape index (κ3) is 2.66. The van der Waals surface area contributed by atoms with Crippen LogP contribution in [0.1, 0.15) is 15.2 Å². The first kappa shape index (κ1) is 12.3. The summed E-state index contributed by atoms with van der Waals surface area (Å²) in [5.41, 5.74) is 2.02. The molecule has 0 fully saturated rings. The number of rotatable bonds is 3. The Morgan fingerprint density at radius 3 is 2.89 bits per heavy atom. The Labute approximate surface area is 121 Å². The van der Waals surface area contributed by atoms with Crippen LogP contribution in [0.15, 0.2) is 34.1 Å². The molecule has 0 radical (unpaired) electrons. The van der Waals surface area contributed by atoms with Gasteiger partial charge in [0, 0.05) is 10.4 Å². The van der Waals surface area contributed by atoms with E-state index in [2.05, 4.69) is 36.7 Å². The maximum absolute atomic E-state index is 12.0. The predicted octanol–water partition coefficient (Wildman–Crippen LogP) is 2.71. The zero-order valence-electron chi connectivity index (χ0n) is 9.68. The molecule has 2 N–H and O–H groups in total. The van der Waals surface area contributed by atoms with Crippen LogP contribution < -0.4 is 5.32 Å². The molecule has 2 aromatic heterocycles. The maximum Gasteiger partial charge on any atom is 0.251 e. The summed E-state index contributed by atoms with van der Waals surface area (Å²) in [6.45, 7) is 0.520. The fourth-order valence-corrected chi connectivity index (χ4v) is 3.12. The van der Waals surface area contributed by atoms with Crippen LogP contribution in [0.5, 0.6) is 0 Å². The number of amides is 1. The summed E-state index contributed by atoms with van der Waals surface area (Å²) in [6, 6.07) is 9.18. The minimum Gasteiger partial charge on any atom is -0.347 e. The van der Waals surface area contributed by atoms with Crippen molar-refractivity contribution in [1.82, 2.24) is 20.7 Å². The van der Waals surface area contributed by atoms with Gasteiger partial charge in [0.1, 0.15) is 11.0 Å². The van der Waals surface area contributed by atoms with E-state index in [0.717, 1.165) is 14.2 Å². The average molecular weight is 337 g/mol. The molecule has 0 aliphatic rings. The molecule has 3 rings (SSSR count). The van der Waals surface area contributed by atoms with Crippen LogP contribution in [0, 0.1) is 0 Å². The van der Waals surface area contributed by atoms with Crippen molar-refractivity contribution in [2.45, 2.75) is 6.54 Å². The second-order valence-corrected chi connectivity index (χ2v) is 6.46. The average Bonchev–Trinajstić information content (AvgIpc) is 3.03. The number of H-pyrrole nitrogens is 1. The van der Waals surface area contributed by atoms with Crippen molar-refractivity contribution in [1.29, 1.82) is 0 Å². The SMILES string of the molecule is O=C(NCc1ccc(Br)s1)c1ccc2n[nH]nc2c1. The third-order valence-electron chi connectivity index (χ3n) is 2.63. The van der Waals surface area contributed by atoms with Crippen molar-refractivity contribution >= 4 is 44.2 Å². The van der Waals surface area contributed by atoms with Crippen molar-refractivity contribution < 1.29 is 4.79 Å². The van der Waals surface area contributed by atoms with Gasteiger partial charge >= 0.3 is 0 Å². The first-order valence-corrected chi connectivity index (χ1v) is 7.16. The highest BCUT2D eigenvalue weighted by Gasteiger charge is 2.08. The number of hydrogen-bond acceptors (Lipinski definition) is 4.